The normalized spacial score (nSPS) is 13.8. The summed E-state index contributed by atoms with van der Waals surface area (Å²) >= 11 is 0. The van der Waals surface area contributed by atoms with E-state index in [-0.39, 0.29) is 11.1 Å². The first-order chi connectivity index (χ1) is 14.8. The lowest BCUT2D eigenvalue weighted by atomic mass is 10.0. The number of hydrogen-bond donors (Lipinski definition) is 1. The van der Waals surface area contributed by atoms with Crippen molar-refractivity contribution in [3.05, 3.63) is 108 Å². The summed E-state index contributed by atoms with van der Waals surface area (Å²) in [5, 5.41) is 2.58. The van der Waals surface area contributed by atoms with Crippen LogP contribution >= 0.6 is 0 Å². The van der Waals surface area contributed by atoms with Crippen LogP contribution in [-0.4, -0.2) is 21.0 Å². The third kappa shape index (κ3) is 5.62. The maximum absolute atomic E-state index is 6.99. The first kappa shape index (κ1) is 23.2. The summed E-state index contributed by atoms with van der Waals surface area (Å²) in [6, 6.07) is 31.9. The van der Waals surface area contributed by atoms with Crippen LogP contribution in [0.5, 0.6) is 0 Å². The van der Waals surface area contributed by atoms with Crippen LogP contribution in [0.4, 0.5) is 0 Å². The minimum Gasteiger partial charge on any atom is -0.403 e. The van der Waals surface area contributed by atoms with Gasteiger partial charge in [-0.2, -0.15) is 0 Å². The fraction of sp³-hybridized carbons (Fsp3) is 0.286. The van der Waals surface area contributed by atoms with Crippen molar-refractivity contribution >= 4 is 18.7 Å². The minimum atomic E-state index is -2.52. The lowest BCUT2D eigenvalue weighted by Crippen LogP contribution is -2.66. The van der Waals surface area contributed by atoms with Crippen LogP contribution in [0, 0.1) is 0 Å². The van der Waals surface area contributed by atoms with Gasteiger partial charge in [-0.15, -0.1) is 0 Å². The van der Waals surface area contributed by atoms with Gasteiger partial charge in [-0.3, -0.25) is 0 Å². The van der Waals surface area contributed by atoms with E-state index < -0.39 is 8.32 Å². The van der Waals surface area contributed by atoms with Crippen LogP contribution in [0.25, 0.3) is 0 Å². The molecule has 3 aromatic carbocycles. The summed E-state index contributed by atoms with van der Waals surface area (Å²) in [6.45, 7) is 9.62. The average Bonchev–Trinajstić information content (AvgIpc) is 2.75. The Morgan fingerprint density at radius 2 is 1.29 bits per heavy atom. The van der Waals surface area contributed by atoms with Crippen molar-refractivity contribution in [2.45, 2.75) is 45.2 Å². The van der Waals surface area contributed by atoms with E-state index in [1.807, 2.05) is 6.07 Å². The average molecular weight is 430 g/mol. The molecule has 2 nitrogen and oxygen atoms in total. The van der Waals surface area contributed by atoms with Crippen molar-refractivity contribution in [1.82, 2.24) is 0 Å². The topological polar surface area (TPSA) is 35.2 Å². The molecule has 0 aliphatic heterocycles. The van der Waals surface area contributed by atoms with E-state index >= 15 is 0 Å². The van der Waals surface area contributed by atoms with Gasteiger partial charge >= 0.3 is 0 Å². The van der Waals surface area contributed by atoms with Crippen molar-refractivity contribution < 1.29 is 4.43 Å². The molecule has 0 amide bonds. The standard InChI is InChI=1S/C28H35NOSi/c1-23(20-25(29)21-24-14-8-5-9-15-24)22-30-31(28(2,3)4,26-16-10-6-11-17-26)27-18-12-7-13-19-27/h5-20,25H,21-22,29H2,1-4H3/b23-20-/t25-/m1/s1. The van der Waals surface area contributed by atoms with E-state index in [0.717, 1.165) is 6.42 Å². The molecule has 162 valence electrons. The molecule has 0 saturated carbocycles. The van der Waals surface area contributed by atoms with Gasteiger partial charge in [-0.25, -0.2) is 0 Å². The predicted octanol–water partition coefficient (Wildman–Crippen LogP) is 5.08. The Labute approximate surface area is 188 Å². The molecule has 0 bridgehead atoms. The highest BCUT2D eigenvalue weighted by Crippen LogP contribution is 2.37. The van der Waals surface area contributed by atoms with Crippen LogP contribution in [0.1, 0.15) is 33.3 Å². The fourth-order valence-corrected chi connectivity index (χ4v) is 8.94. The third-order valence-electron chi connectivity index (χ3n) is 5.75. The zero-order valence-electron chi connectivity index (χ0n) is 19.2. The number of nitrogens with two attached hydrogens (primary N) is 1. The molecule has 0 heterocycles. The lowest BCUT2D eigenvalue weighted by Gasteiger charge is -2.43. The van der Waals surface area contributed by atoms with Crippen LogP contribution in [0.2, 0.25) is 5.04 Å². The highest BCUT2D eigenvalue weighted by Gasteiger charge is 2.50. The van der Waals surface area contributed by atoms with Gasteiger partial charge in [0.15, 0.2) is 0 Å². The van der Waals surface area contributed by atoms with Crippen LogP contribution < -0.4 is 16.1 Å². The monoisotopic (exact) mass is 429 g/mol. The van der Waals surface area contributed by atoms with Gasteiger partial charge in [-0.1, -0.05) is 123 Å². The second kappa shape index (κ2) is 10.2. The lowest BCUT2D eigenvalue weighted by molar-refractivity contribution is 0.329. The van der Waals surface area contributed by atoms with E-state index in [1.54, 1.807) is 0 Å². The second-order valence-electron chi connectivity index (χ2n) is 9.32. The molecule has 0 aliphatic carbocycles. The van der Waals surface area contributed by atoms with E-state index in [2.05, 4.69) is 119 Å². The zero-order valence-corrected chi connectivity index (χ0v) is 20.2. The van der Waals surface area contributed by atoms with E-state index in [9.17, 15) is 0 Å². The maximum atomic E-state index is 6.99. The zero-order chi connectivity index (χ0) is 22.3. The van der Waals surface area contributed by atoms with Gasteiger partial charge in [0.1, 0.15) is 0 Å². The Morgan fingerprint density at radius 3 is 1.74 bits per heavy atom. The van der Waals surface area contributed by atoms with Crippen molar-refractivity contribution in [2.24, 2.45) is 5.73 Å². The van der Waals surface area contributed by atoms with E-state index in [0.29, 0.717) is 6.61 Å². The molecule has 0 unspecified atom stereocenters. The van der Waals surface area contributed by atoms with Gasteiger partial charge in [0, 0.05) is 6.04 Å². The Hall–Kier alpha value is -2.46. The first-order valence-electron chi connectivity index (χ1n) is 11.0. The molecule has 0 fully saturated rings. The highest BCUT2D eigenvalue weighted by molar-refractivity contribution is 6.99. The summed E-state index contributed by atoms with van der Waals surface area (Å²) in [6.07, 6.45) is 2.99. The summed E-state index contributed by atoms with van der Waals surface area (Å²) in [5.41, 5.74) is 8.87. The Kier molecular flexibility index (Phi) is 7.66. The van der Waals surface area contributed by atoms with Crippen LogP contribution in [0.15, 0.2) is 103 Å². The summed E-state index contributed by atoms with van der Waals surface area (Å²) in [4.78, 5) is 0. The molecular formula is C28H35NOSi. The summed E-state index contributed by atoms with van der Waals surface area (Å²) in [7, 11) is -2.52. The second-order valence-corrected chi connectivity index (χ2v) is 13.6. The van der Waals surface area contributed by atoms with Crippen molar-refractivity contribution in [3.8, 4) is 0 Å². The molecular weight excluding hydrogens is 394 g/mol. The minimum absolute atomic E-state index is 0.0230. The van der Waals surface area contributed by atoms with Gasteiger partial charge < -0.3 is 10.2 Å². The van der Waals surface area contributed by atoms with E-state index in [4.69, 9.17) is 10.2 Å². The Balaban J connectivity index is 1.89. The fourth-order valence-electron chi connectivity index (χ4n) is 4.34. The van der Waals surface area contributed by atoms with Gasteiger partial charge in [-0.05, 0) is 34.3 Å². The molecule has 0 saturated heterocycles. The highest BCUT2D eigenvalue weighted by atomic mass is 28.4. The van der Waals surface area contributed by atoms with Crippen molar-refractivity contribution in [2.75, 3.05) is 6.61 Å². The largest absolute Gasteiger partial charge is 0.403 e. The van der Waals surface area contributed by atoms with E-state index in [1.165, 1.54) is 21.5 Å². The Morgan fingerprint density at radius 1 is 0.839 bits per heavy atom. The van der Waals surface area contributed by atoms with Gasteiger partial charge in [0.25, 0.3) is 8.32 Å². The quantitative estimate of drug-likeness (QED) is 0.400. The molecule has 31 heavy (non-hydrogen) atoms. The van der Waals surface area contributed by atoms with Gasteiger partial charge in [0.2, 0.25) is 0 Å². The van der Waals surface area contributed by atoms with Crippen molar-refractivity contribution in [1.29, 1.82) is 0 Å². The molecule has 3 aromatic rings. The molecule has 2 N–H and O–H groups in total. The molecule has 0 spiro atoms. The molecule has 0 aliphatic rings. The summed E-state index contributed by atoms with van der Waals surface area (Å²) < 4.78 is 6.99. The van der Waals surface area contributed by atoms with Crippen molar-refractivity contribution in [3.63, 3.8) is 0 Å². The SMILES string of the molecule is C/C(=C/[C@@H](N)Cc1ccccc1)CO[Si](c1ccccc1)(c1ccccc1)C(C)(C)C. The molecule has 1 atom stereocenters. The van der Waals surface area contributed by atoms with Crippen LogP contribution in [-0.2, 0) is 10.8 Å². The number of rotatable bonds is 8. The summed E-state index contributed by atoms with van der Waals surface area (Å²) in [5.74, 6) is 0. The van der Waals surface area contributed by atoms with Crippen LogP contribution in [0.3, 0.4) is 0 Å². The Bertz CT molecular complexity index is 923. The smallest absolute Gasteiger partial charge is 0.261 e. The number of benzene rings is 3. The maximum Gasteiger partial charge on any atom is 0.261 e. The molecule has 3 heteroatoms. The predicted molar refractivity (Wildman–Crippen MR) is 135 cm³/mol. The third-order valence-corrected chi connectivity index (χ3v) is 10.7. The van der Waals surface area contributed by atoms with Gasteiger partial charge in [0.05, 0.1) is 6.61 Å². The molecule has 0 aromatic heterocycles. The number of hydrogen-bond acceptors (Lipinski definition) is 2. The molecule has 3 rings (SSSR count). The first-order valence-corrected chi connectivity index (χ1v) is 13.0. The molecule has 0 radical (unpaired) electrons.